The Balaban J connectivity index is 1.49. The zero-order valence-electron chi connectivity index (χ0n) is 13.4. The van der Waals surface area contributed by atoms with E-state index in [2.05, 4.69) is 4.90 Å². The summed E-state index contributed by atoms with van der Waals surface area (Å²) in [5.74, 6) is 0. The van der Waals surface area contributed by atoms with Gasteiger partial charge in [-0.25, -0.2) is 0 Å². The van der Waals surface area contributed by atoms with E-state index < -0.39 is 0 Å². The Bertz CT molecular complexity index is 523. The van der Waals surface area contributed by atoms with Gasteiger partial charge in [-0.1, -0.05) is 12.1 Å². The van der Waals surface area contributed by atoms with Crippen LogP contribution in [0.3, 0.4) is 0 Å². The van der Waals surface area contributed by atoms with Crippen LogP contribution >= 0.6 is 0 Å². The molecular weight excluding hydrogens is 296 g/mol. The molecular formula is C17H24N2O4. The number of anilines is 1. The van der Waals surface area contributed by atoms with E-state index in [0.29, 0.717) is 12.3 Å². The predicted molar refractivity (Wildman–Crippen MR) is 87.9 cm³/mol. The fourth-order valence-corrected chi connectivity index (χ4v) is 3.33. The average Bonchev–Trinajstić information content (AvgIpc) is 2.61. The van der Waals surface area contributed by atoms with E-state index in [9.17, 15) is 10.1 Å². The summed E-state index contributed by atoms with van der Waals surface area (Å²) in [5, 5.41) is 11.1. The predicted octanol–water partition coefficient (Wildman–Crippen LogP) is 3.15. The molecule has 0 bridgehead atoms. The highest BCUT2D eigenvalue weighted by molar-refractivity contribution is 5.63. The molecule has 6 nitrogen and oxygen atoms in total. The molecule has 6 heteroatoms. The molecule has 0 unspecified atom stereocenters. The summed E-state index contributed by atoms with van der Waals surface area (Å²) in [6, 6.07) is 6.96. The summed E-state index contributed by atoms with van der Waals surface area (Å²) in [6.45, 7) is 3.11. The first-order valence-electron chi connectivity index (χ1n) is 8.45. The molecule has 0 radical (unpaired) electrons. The van der Waals surface area contributed by atoms with Crippen LogP contribution in [0.25, 0.3) is 0 Å². The fourth-order valence-electron chi connectivity index (χ4n) is 3.33. The van der Waals surface area contributed by atoms with Crippen molar-refractivity contribution in [3.63, 3.8) is 0 Å². The molecule has 1 atom stereocenters. The number of benzene rings is 1. The highest BCUT2D eigenvalue weighted by atomic mass is 16.6. The molecule has 2 fully saturated rings. The average molecular weight is 320 g/mol. The third-order valence-electron chi connectivity index (χ3n) is 4.65. The third kappa shape index (κ3) is 4.20. The molecule has 0 aromatic heterocycles. The van der Waals surface area contributed by atoms with Crippen molar-refractivity contribution in [3.05, 3.63) is 34.4 Å². The number of hydrogen-bond acceptors (Lipinski definition) is 5. The monoisotopic (exact) mass is 320 g/mol. The normalized spacial score (nSPS) is 23.0. The Hall–Kier alpha value is -1.66. The largest absolute Gasteiger partial charge is 0.376 e. The number of rotatable bonds is 5. The summed E-state index contributed by atoms with van der Waals surface area (Å²) in [5.41, 5.74) is 0.897. The molecule has 0 aliphatic carbocycles. The van der Waals surface area contributed by atoms with Crippen LogP contribution in [-0.4, -0.2) is 43.4 Å². The molecule has 2 aliphatic rings. The fraction of sp³-hybridized carbons (Fsp3) is 0.647. The van der Waals surface area contributed by atoms with Gasteiger partial charge in [0.25, 0.3) is 5.69 Å². The summed E-state index contributed by atoms with van der Waals surface area (Å²) < 4.78 is 11.7. The van der Waals surface area contributed by atoms with Crippen LogP contribution in [0.5, 0.6) is 0 Å². The van der Waals surface area contributed by atoms with Crippen molar-refractivity contribution in [1.82, 2.24) is 0 Å². The smallest absolute Gasteiger partial charge is 0.292 e. The molecule has 23 heavy (non-hydrogen) atoms. The third-order valence-corrected chi connectivity index (χ3v) is 4.65. The van der Waals surface area contributed by atoms with Crippen molar-refractivity contribution in [2.75, 3.05) is 31.2 Å². The van der Waals surface area contributed by atoms with Gasteiger partial charge < -0.3 is 14.4 Å². The molecule has 1 aromatic rings. The maximum absolute atomic E-state index is 11.1. The van der Waals surface area contributed by atoms with Crippen LogP contribution in [0.2, 0.25) is 0 Å². The molecule has 0 N–H and O–H groups in total. The van der Waals surface area contributed by atoms with E-state index in [0.717, 1.165) is 45.4 Å². The number of nitro benzene ring substituents is 1. The first-order valence-corrected chi connectivity index (χ1v) is 8.45. The molecule has 1 aromatic carbocycles. The number of nitro groups is 1. The minimum Gasteiger partial charge on any atom is -0.376 e. The van der Waals surface area contributed by atoms with E-state index in [1.807, 2.05) is 12.1 Å². The molecule has 0 amide bonds. The second kappa shape index (κ2) is 7.75. The number of piperidine rings is 1. The van der Waals surface area contributed by atoms with Gasteiger partial charge in [-0.15, -0.1) is 0 Å². The van der Waals surface area contributed by atoms with Crippen molar-refractivity contribution >= 4 is 11.4 Å². The van der Waals surface area contributed by atoms with Crippen LogP contribution in [0.4, 0.5) is 11.4 Å². The summed E-state index contributed by atoms with van der Waals surface area (Å²) >= 11 is 0. The Morgan fingerprint density at radius 1 is 1.22 bits per heavy atom. The summed E-state index contributed by atoms with van der Waals surface area (Å²) in [7, 11) is 0. The van der Waals surface area contributed by atoms with Crippen molar-refractivity contribution < 1.29 is 14.4 Å². The first-order chi connectivity index (χ1) is 11.2. The Labute approximate surface area is 136 Å². The van der Waals surface area contributed by atoms with Gasteiger partial charge in [0.1, 0.15) is 5.69 Å². The summed E-state index contributed by atoms with van der Waals surface area (Å²) in [6.07, 6.45) is 5.76. The Morgan fingerprint density at radius 3 is 2.70 bits per heavy atom. The van der Waals surface area contributed by atoms with Gasteiger partial charge in [-0.3, -0.25) is 10.1 Å². The highest BCUT2D eigenvalue weighted by Gasteiger charge is 2.25. The summed E-state index contributed by atoms with van der Waals surface area (Å²) in [4.78, 5) is 12.9. The van der Waals surface area contributed by atoms with Crippen LogP contribution in [0.15, 0.2) is 24.3 Å². The lowest BCUT2D eigenvalue weighted by Crippen LogP contribution is -2.38. The Morgan fingerprint density at radius 2 is 2.00 bits per heavy atom. The van der Waals surface area contributed by atoms with Gasteiger partial charge in [0.2, 0.25) is 0 Å². The number of para-hydroxylation sites is 2. The van der Waals surface area contributed by atoms with E-state index >= 15 is 0 Å². The number of nitrogens with zero attached hydrogens (tertiary/aromatic N) is 2. The Kier molecular flexibility index (Phi) is 5.46. The zero-order valence-corrected chi connectivity index (χ0v) is 13.4. The molecule has 0 saturated carbocycles. The van der Waals surface area contributed by atoms with Gasteiger partial charge in [-0.05, 0) is 38.2 Å². The maximum Gasteiger partial charge on any atom is 0.292 e. The van der Waals surface area contributed by atoms with Crippen molar-refractivity contribution in [3.8, 4) is 0 Å². The van der Waals surface area contributed by atoms with Crippen LogP contribution in [0, 0.1) is 10.1 Å². The number of hydrogen-bond donors (Lipinski definition) is 0. The maximum atomic E-state index is 11.1. The van der Waals surface area contributed by atoms with Gasteiger partial charge in [0.05, 0.1) is 23.7 Å². The lowest BCUT2D eigenvalue weighted by Gasteiger charge is -2.34. The zero-order chi connectivity index (χ0) is 16.1. The van der Waals surface area contributed by atoms with E-state index in [-0.39, 0.29) is 22.8 Å². The van der Waals surface area contributed by atoms with Crippen LogP contribution in [-0.2, 0) is 9.47 Å². The standard InChI is InChI=1S/C17H24N2O4/c20-19(21)17-7-2-1-6-16(17)18-10-8-14(9-11-18)23-13-15-5-3-4-12-22-15/h1-2,6-7,14-15H,3-5,8-13H2/t15-/m0/s1. The molecule has 2 heterocycles. The lowest BCUT2D eigenvalue weighted by molar-refractivity contribution is -0.384. The van der Waals surface area contributed by atoms with Crippen molar-refractivity contribution in [2.24, 2.45) is 0 Å². The highest BCUT2D eigenvalue weighted by Crippen LogP contribution is 2.30. The number of ether oxygens (including phenoxy) is 2. The first kappa shape index (κ1) is 16.2. The van der Waals surface area contributed by atoms with E-state index in [1.165, 1.54) is 6.42 Å². The van der Waals surface area contributed by atoms with E-state index in [4.69, 9.17) is 9.47 Å². The van der Waals surface area contributed by atoms with Gasteiger partial charge in [-0.2, -0.15) is 0 Å². The quantitative estimate of drug-likeness (QED) is 0.616. The van der Waals surface area contributed by atoms with Crippen molar-refractivity contribution in [1.29, 1.82) is 0 Å². The minimum absolute atomic E-state index is 0.183. The molecule has 0 spiro atoms. The van der Waals surface area contributed by atoms with Crippen LogP contribution in [0.1, 0.15) is 32.1 Å². The topological polar surface area (TPSA) is 64.8 Å². The second-order valence-corrected chi connectivity index (χ2v) is 6.25. The second-order valence-electron chi connectivity index (χ2n) is 6.25. The van der Waals surface area contributed by atoms with Gasteiger partial charge >= 0.3 is 0 Å². The lowest BCUT2D eigenvalue weighted by atomic mass is 10.1. The van der Waals surface area contributed by atoms with Gasteiger partial charge in [0.15, 0.2) is 0 Å². The van der Waals surface area contributed by atoms with Crippen LogP contribution < -0.4 is 4.90 Å². The SMILES string of the molecule is O=[N+]([O-])c1ccccc1N1CCC(OC[C@@H]2CCCCO2)CC1. The molecule has 2 aliphatic heterocycles. The molecule has 2 saturated heterocycles. The minimum atomic E-state index is -0.307. The van der Waals surface area contributed by atoms with Crippen molar-refractivity contribution in [2.45, 2.75) is 44.3 Å². The molecule has 126 valence electrons. The van der Waals surface area contributed by atoms with Gasteiger partial charge in [0, 0.05) is 25.8 Å². The molecule has 3 rings (SSSR count). The van der Waals surface area contributed by atoms with E-state index in [1.54, 1.807) is 12.1 Å².